The van der Waals surface area contributed by atoms with Gasteiger partial charge in [0.05, 0.1) is 6.10 Å². The minimum absolute atomic E-state index is 0.00680. The van der Waals surface area contributed by atoms with Gasteiger partial charge in [-0.1, -0.05) is 13.3 Å². The molecule has 2 N–H and O–H groups in total. The molecule has 1 aliphatic heterocycles. The molecular formula is C19H31NO. The van der Waals surface area contributed by atoms with E-state index in [1.54, 1.807) is 11.3 Å². The van der Waals surface area contributed by atoms with Crippen molar-refractivity contribution in [3.8, 4) is 0 Å². The number of allylic oxidation sites excluding steroid dienone is 1. The van der Waals surface area contributed by atoms with E-state index in [0.29, 0.717) is 0 Å². The molecule has 5 unspecified atom stereocenters. The molecule has 0 aromatic rings. The lowest BCUT2D eigenvalue weighted by atomic mass is 9.67. The first-order valence-corrected chi connectivity index (χ1v) is 9.40. The van der Waals surface area contributed by atoms with Gasteiger partial charge in [0.1, 0.15) is 0 Å². The number of hydrogen-bond donors (Lipinski definition) is 2. The lowest BCUT2D eigenvalue weighted by Gasteiger charge is -2.40. The van der Waals surface area contributed by atoms with Crippen molar-refractivity contribution in [3.63, 3.8) is 0 Å². The molecule has 0 amide bonds. The molecule has 2 fully saturated rings. The first-order valence-electron chi connectivity index (χ1n) is 9.40. The van der Waals surface area contributed by atoms with Crippen LogP contribution in [0.5, 0.6) is 0 Å². The first-order chi connectivity index (χ1) is 10.2. The van der Waals surface area contributed by atoms with Crippen molar-refractivity contribution < 1.29 is 5.11 Å². The topological polar surface area (TPSA) is 32.3 Å². The number of rotatable bonds is 1. The van der Waals surface area contributed by atoms with Crippen molar-refractivity contribution >= 4 is 0 Å². The van der Waals surface area contributed by atoms with E-state index in [1.807, 2.05) is 0 Å². The summed E-state index contributed by atoms with van der Waals surface area (Å²) in [5.74, 6) is 3.29. The standard InChI is InChI=1S/C19H31NO/c1-12-4-2-7-16-17-11-14(8-9-18(17)20-19(12)16)13-5-3-6-15(21)10-13/h12-15,17-18,20-21H,2-11H2,1H3/t12-,13?,14?,15?,17?,18?/m1/s1. The van der Waals surface area contributed by atoms with Crippen LogP contribution >= 0.6 is 0 Å². The summed E-state index contributed by atoms with van der Waals surface area (Å²) in [6.45, 7) is 2.41. The molecule has 0 saturated heterocycles. The van der Waals surface area contributed by atoms with E-state index >= 15 is 0 Å². The maximum Gasteiger partial charge on any atom is 0.0543 e. The average molecular weight is 289 g/mol. The Kier molecular flexibility index (Phi) is 3.77. The van der Waals surface area contributed by atoms with E-state index in [2.05, 4.69) is 12.2 Å². The van der Waals surface area contributed by atoms with E-state index in [9.17, 15) is 5.11 Å². The predicted octanol–water partition coefficient (Wildman–Crippen LogP) is 4.00. The van der Waals surface area contributed by atoms with Gasteiger partial charge in [0, 0.05) is 17.7 Å². The number of hydrogen-bond acceptors (Lipinski definition) is 2. The highest BCUT2D eigenvalue weighted by molar-refractivity contribution is 5.29. The highest BCUT2D eigenvalue weighted by Crippen LogP contribution is 2.48. The van der Waals surface area contributed by atoms with Crippen LogP contribution < -0.4 is 5.32 Å². The van der Waals surface area contributed by atoms with Gasteiger partial charge in [-0.15, -0.1) is 0 Å². The molecule has 0 aromatic heterocycles. The van der Waals surface area contributed by atoms with Crippen molar-refractivity contribution in [2.75, 3.05) is 0 Å². The quantitative estimate of drug-likeness (QED) is 0.764. The molecule has 6 atom stereocenters. The summed E-state index contributed by atoms with van der Waals surface area (Å²) in [4.78, 5) is 0. The maximum atomic E-state index is 10.00. The van der Waals surface area contributed by atoms with Crippen LogP contribution in [0.25, 0.3) is 0 Å². The van der Waals surface area contributed by atoms with Crippen LogP contribution in [0.3, 0.4) is 0 Å². The van der Waals surface area contributed by atoms with Gasteiger partial charge in [0.15, 0.2) is 0 Å². The zero-order chi connectivity index (χ0) is 14.4. The minimum Gasteiger partial charge on any atom is -0.393 e. The summed E-state index contributed by atoms with van der Waals surface area (Å²) in [5.41, 5.74) is 3.44. The van der Waals surface area contributed by atoms with E-state index in [0.717, 1.165) is 42.6 Å². The van der Waals surface area contributed by atoms with Crippen LogP contribution in [-0.2, 0) is 0 Å². The van der Waals surface area contributed by atoms with Crippen LogP contribution in [0.1, 0.15) is 71.1 Å². The summed E-state index contributed by atoms with van der Waals surface area (Å²) in [7, 11) is 0. The predicted molar refractivity (Wildman–Crippen MR) is 85.8 cm³/mol. The van der Waals surface area contributed by atoms with Crippen molar-refractivity contribution in [1.82, 2.24) is 5.32 Å². The zero-order valence-corrected chi connectivity index (χ0v) is 13.5. The van der Waals surface area contributed by atoms with Crippen molar-refractivity contribution in [2.24, 2.45) is 23.7 Å². The Labute approximate surface area is 129 Å². The molecule has 2 saturated carbocycles. The van der Waals surface area contributed by atoms with Gasteiger partial charge in [0.25, 0.3) is 0 Å². The third-order valence-corrected chi connectivity index (χ3v) is 6.96. The van der Waals surface area contributed by atoms with Crippen molar-refractivity contribution in [3.05, 3.63) is 11.3 Å². The van der Waals surface area contributed by atoms with Gasteiger partial charge in [-0.05, 0) is 81.1 Å². The summed E-state index contributed by atoms with van der Waals surface area (Å²) < 4.78 is 0. The molecule has 21 heavy (non-hydrogen) atoms. The smallest absolute Gasteiger partial charge is 0.0543 e. The molecule has 0 spiro atoms. The second kappa shape index (κ2) is 5.61. The van der Waals surface area contributed by atoms with Gasteiger partial charge in [-0.3, -0.25) is 0 Å². The fourth-order valence-electron chi connectivity index (χ4n) is 5.83. The van der Waals surface area contributed by atoms with Gasteiger partial charge < -0.3 is 10.4 Å². The Morgan fingerprint density at radius 3 is 2.67 bits per heavy atom. The van der Waals surface area contributed by atoms with Crippen LogP contribution in [0, 0.1) is 23.7 Å². The molecule has 2 nitrogen and oxygen atoms in total. The van der Waals surface area contributed by atoms with Gasteiger partial charge in [-0.25, -0.2) is 0 Å². The number of aliphatic hydroxyl groups is 1. The molecule has 4 rings (SSSR count). The monoisotopic (exact) mass is 289 g/mol. The second-order valence-electron chi connectivity index (χ2n) is 8.24. The summed E-state index contributed by atoms with van der Waals surface area (Å²) >= 11 is 0. The fraction of sp³-hybridized carbons (Fsp3) is 0.895. The van der Waals surface area contributed by atoms with Gasteiger partial charge in [0.2, 0.25) is 0 Å². The number of nitrogens with one attached hydrogen (secondary N) is 1. The Bertz CT molecular complexity index is 429. The number of aliphatic hydroxyl groups excluding tert-OH is 1. The minimum atomic E-state index is -0.00680. The van der Waals surface area contributed by atoms with Gasteiger partial charge >= 0.3 is 0 Å². The Morgan fingerprint density at radius 1 is 0.952 bits per heavy atom. The van der Waals surface area contributed by atoms with E-state index < -0.39 is 0 Å². The van der Waals surface area contributed by atoms with E-state index in [4.69, 9.17) is 0 Å². The summed E-state index contributed by atoms with van der Waals surface area (Å²) in [5, 5.41) is 13.9. The lowest BCUT2D eigenvalue weighted by molar-refractivity contribution is 0.0618. The van der Waals surface area contributed by atoms with Crippen LogP contribution in [0.2, 0.25) is 0 Å². The maximum absolute atomic E-state index is 10.00. The largest absolute Gasteiger partial charge is 0.393 e. The SMILES string of the molecule is C[C@@H]1CCCC2=C1NC1CCC(C3CCCC(O)C3)CC21. The van der Waals surface area contributed by atoms with Crippen LogP contribution in [0.15, 0.2) is 11.3 Å². The normalized spacial score (nSPS) is 46.8. The van der Waals surface area contributed by atoms with Crippen molar-refractivity contribution in [1.29, 1.82) is 0 Å². The Balaban J connectivity index is 1.48. The Morgan fingerprint density at radius 2 is 1.81 bits per heavy atom. The first kappa shape index (κ1) is 14.1. The number of fused-ring (bicyclic) bond motifs is 2. The summed E-state index contributed by atoms with van der Waals surface area (Å²) in [6, 6.07) is 0.750. The fourth-order valence-corrected chi connectivity index (χ4v) is 5.83. The molecular weight excluding hydrogens is 258 g/mol. The van der Waals surface area contributed by atoms with Crippen LogP contribution in [0.4, 0.5) is 0 Å². The third-order valence-electron chi connectivity index (χ3n) is 6.96. The van der Waals surface area contributed by atoms with Crippen LogP contribution in [-0.4, -0.2) is 17.3 Å². The average Bonchev–Trinajstić information content (AvgIpc) is 2.87. The third kappa shape index (κ3) is 2.54. The highest BCUT2D eigenvalue weighted by atomic mass is 16.3. The van der Waals surface area contributed by atoms with E-state index in [-0.39, 0.29) is 6.10 Å². The molecule has 4 aliphatic rings. The molecule has 118 valence electrons. The molecule has 3 aliphatic carbocycles. The second-order valence-corrected chi connectivity index (χ2v) is 8.24. The zero-order valence-electron chi connectivity index (χ0n) is 13.5. The van der Waals surface area contributed by atoms with E-state index in [1.165, 1.54) is 51.4 Å². The summed E-state index contributed by atoms with van der Waals surface area (Å²) in [6.07, 6.45) is 13.0. The molecule has 1 heterocycles. The van der Waals surface area contributed by atoms with Crippen molar-refractivity contribution in [2.45, 2.75) is 83.3 Å². The molecule has 0 bridgehead atoms. The molecule has 2 heteroatoms. The van der Waals surface area contributed by atoms with Gasteiger partial charge in [-0.2, -0.15) is 0 Å². The molecule has 0 aromatic carbocycles. The molecule has 0 radical (unpaired) electrons. The lowest BCUT2D eigenvalue weighted by Crippen LogP contribution is -2.38. The highest BCUT2D eigenvalue weighted by Gasteiger charge is 2.43. The Hall–Kier alpha value is -0.500.